The first kappa shape index (κ1) is 16.5. The van der Waals surface area contributed by atoms with Gasteiger partial charge in [0.25, 0.3) is 0 Å². The van der Waals surface area contributed by atoms with Gasteiger partial charge in [0.2, 0.25) is 5.91 Å². The van der Waals surface area contributed by atoms with Crippen LogP contribution in [0.3, 0.4) is 0 Å². The Balaban J connectivity index is 2.07. The summed E-state index contributed by atoms with van der Waals surface area (Å²) in [5.74, 6) is 0.498. The molecule has 20 heavy (non-hydrogen) atoms. The zero-order valence-corrected chi connectivity index (χ0v) is 12.0. The summed E-state index contributed by atoms with van der Waals surface area (Å²) in [6, 6.07) is 9.27. The number of nitrogens with two attached hydrogens (primary N) is 1. The first-order chi connectivity index (χ1) is 9.74. The van der Waals surface area contributed by atoms with E-state index < -0.39 is 0 Å². The van der Waals surface area contributed by atoms with E-state index in [0.717, 1.165) is 18.7 Å². The second-order valence-electron chi connectivity index (χ2n) is 4.47. The maximum atomic E-state index is 11.2. The Morgan fingerprint density at radius 3 is 2.65 bits per heavy atom. The van der Waals surface area contributed by atoms with E-state index in [1.807, 2.05) is 37.3 Å². The Labute approximate surface area is 120 Å². The standard InChI is InChI=1S/C15H24N2O3/c1-2-9-17-14(15(16)18)8-10-19-11-12-20-13-6-4-3-5-7-13/h3-7,14,17H,2,8-12H2,1H3,(H2,16,18). The molecule has 1 aromatic rings. The van der Waals surface area contributed by atoms with Crippen molar-refractivity contribution in [3.8, 4) is 5.75 Å². The fourth-order valence-corrected chi connectivity index (χ4v) is 1.70. The lowest BCUT2D eigenvalue weighted by molar-refractivity contribution is -0.120. The molecule has 5 nitrogen and oxygen atoms in total. The van der Waals surface area contributed by atoms with Gasteiger partial charge in [0.1, 0.15) is 12.4 Å². The van der Waals surface area contributed by atoms with Crippen LogP contribution in [0.15, 0.2) is 30.3 Å². The van der Waals surface area contributed by atoms with Crippen LogP contribution in [0, 0.1) is 0 Å². The van der Waals surface area contributed by atoms with Crippen molar-refractivity contribution in [1.29, 1.82) is 0 Å². The Bertz CT molecular complexity index is 371. The number of primary amides is 1. The van der Waals surface area contributed by atoms with E-state index in [-0.39, 0.29) is 11.9 Å². The van der Waals surface area contributed by atoms with Gasteiger partial charge in [-0.15, -0.1) is 0 Å². The topological polar surface area (TPSA) is 73.6 Å². The van der Waals surface area contributed by atoms with Crippen molar-refractivity contribution < 1.29 is 14.3 Å². The summed E-state index contributed by atoms with van der Waals surface area (Å²) in [5.41, 5.74) is 5.31. The van der Waals surface area contributed by atoms with Crippen molar-refractivity contribution in [2.75, 3.05) is 26.4 Å². The van der Waals surface area contributed by atoms with Gasteiger partial charge in [-0.1, -0.05) is 25.1 Å². The quantitative estimate of drug-likeness (QED) is 0.600. The largest absolute Gasteiger partial charge is 0.491 e. The molecule has 0 aliphatic carbocycles. The van der Waals surface area contributed by atoms with Crippen LogP contribution in [0.2, 0.25) is 0 Å². The minimum atomic E-state index is -0.331. The van der Waals surface area contributed by atoms with Crippen LogP contribution >= 0.6 is 0 Å². The number of rotatable bonds is 11. The molecule has 1 amide bonds. The van der Waals surface area contributed by atoms with Gasteiger partial charge in [-0.05, 0) is 31.5 Å². The smallest absolute Gasteiger partial charge is 0.234 e. The number of benzene rings is 1. The molecule has 3 N–H and O–H groups in total. The fourth-order valence-electron chi connectivity index (χ4n) is 1.70. The van der Waals surface area contributed by atoms with E-state index in [9.17, 15) is 4.79 Å². The Morgan fingerprint density at radius 1 is 1.25 bits per heavy atom. The molecule has 0 radical (unpaired) electrons. The molecular formula is C15H24N2O3. The number of carbonyl (C=O) groups is 1. The highest BCUT2D eigenvalue weighted by Crippen LogP contribution is 2.07. The lowest BCUT2D eigenvalue weighted by atomic mass is 10.2. The summed E-state index contributed by atoms with van der Waals surface area (Å²) in [7, 11) is 0. The first-order valence-electron chi connectivity index (χ1n) is 7.02. The molecule has 0 aliphatic rings. The van der Waals surface area contributed by atoms with Gasteiger partial charge >= 0.3 is 0 Å². The molecule has 0 saturated heterocycles. The van der Waals surface area contributed by atoms with Crippen LogP contribution in [0.25, 0.3) is 0 Å². The maximum absolute atomic E-state index is 11.2. The van der Waals surface area contributed by atoms with Crippen LogP contribution in [0.1, 0.15) is 19.8 Å². The number of hydrogen-bond donors (Lipinski definition) is 2. The summed E-state index contributed by atoms with van der Waals surface area (Å²) >= 11 is 0. The normalized spacial score (nSPS) is 12.1. The SMILES string of the molecule is CCCNC(CCOCCOc1ccccc1)C(N)=O. The molecule has 0 fully saturated rings. The van der Waals surface area contributed by atoms with Crippen LogP contribution in [0.4, 0.5) is 0 Å². The third-order valence-corrected chi connectivity index (χ3v) is 2.77. The maximum Gasteiger partial charge on any atom is 0.234 e. The highest BCUT2D eigenvalue weighted by molar-refractivity contribution is 5.79. The second kappa shape index (κ2) is 10.2. The number of para-hydroxylation sites is 1. The van der Waals surface area contributed by atoms with Crippen LogP contribution < -0.4 is 15.8 Å². The molecule has 112 valence electrons. The summed E-state index contributed by atoms with van der Waals surface area (Å²) < 4.78 is 10.9. The number of nitrogens with one attached hydrogen (secondary N) is 1. The van der Waals surface area contributed by atoms with Crippen molar-refractivity contribution in [1.82, 2.24) is 5.32 Å². The summed E-state index contributed by atoms with van der Waals surface area (Å²) in [6.07, 6.45) is 1.55. The third-order valence-electron chi connectivity index (χ3n) is 2.77. The molecule has 0 aliphatic heterocycles. The van der Waals surface area contributed by atoms with Crippen LogP contribution in [-0.2, 0) is 9.53 Å². The number of hydrogen-bond acceptors (Lipinski definition) is 4. The van der Waals surface area contributed by atoms with Crippen LogP contribution in [0.5, 0.6) is 5.75 Å². The average Bonchev–Trinajstić information content (AvgIpc) is 2.46. The van der Waals surface area contributed by atoms with E-state index in [2.05, 4.69) is 5.32 Å². The minimum Gasteiger partial charge on any atom is -0.491 e. The minimum absolute atomic E-state index is 0.315. The number of amides is 1. The van der Waals surface area contributed by atoms with Gasteiger partial charge in [0.05, 0.1) is 12.6 Å². The molecule has 0 spiro atoms. The molecule has 5 heteroatoms. The van der Waals surface area contributed by atoms with E-state index in [0.29, 0.717) is 26.2 Å². The monoisotopic (exact) mass is 280 g/mol. The molecule has 0 aromatic heterocycles. The predicted molar refractivity (Wildman–Crippen MR) is 78.6 cm³/mol. The van der Waals surface area contributed by atoms with Crippen molar-refractivity contribution in [2.45, 2.75) is 25.8 Å². The van der Waals surface area contributed by atoms with Gasteiger partial charge < -0.3 is 20.5 Å². The molecular weight excluding hydrogens is 256 g/mol. The summed E-state index contributed by atoms with van der Waals surface area (Å²) in [6.45, 7) is 4.30. The lowest BCUT2D eigenvalue weighted by Gasteiger charge is -2.14. The van der Waals surface area contributed by atoms with Crippen molar-refractivity contribution >= 4 is 5.91 Å². The molecule has 1 aromatic carbocycles. The van der Waals surface area contributed by atoms with Crippen molar-refractivity contribution in [3.05, 3.63) is 30.3 Å². The number of carbonyl (C=O) groups excluding carboxylic acids is 1. The average molecular weight is 280 g/mol. The molecule has 1 atom stereocenters. The van der Waals surface area contributed by atoms with Crippen molar-refractivity contribution in [2.24, 2.45) is 5.73 Å². The van der Waals surface area contributed by atoms with E-state index in [1.54, 1.807) is 0 Å². The molecule has 0 heterocycles. The predicted octanol–water partition coefficient (Wildman–Crippen LogP) is 1.33. The summed E-state index contributed by atoms with van der Waals surface area (Å²) in [5, 5.41) is 3.10. The Morgan fingerprint density at radius 2 is 2.00 bits per heavy atom. The third kappa shape index (κ3) is 7.11. The van der Waals surface area contributed by atoms with Gasteiger partial charge in [-0.3, -0.25) is 4.79 Å². The van der Waals surface area contributed by atoms with Crippen molar-refractivity contribution in [3.63, 3.8) is 0 Å². The van der Waals surface area contributed by atoms with E-state index >= 15 is 0 Å². The number of ether oxygens (including phenoxy) is 2. The fraction of sp³-hybridized carbons (Fsp3) is 0.533. The zero-order valence-electron chi connectivity index (χ0n) is 12.0. The lowest BCUT2D eigenvalue weighted by Crippen LogP contribution is -2.42. The Hall–Kier alpha value is -1.59. The zero-order chi connectivity index (χ0) is 14.6. The highest BCUT2D eigenvalue weighted by atomic mass is 16.5. The Kier molecular flexibility index (Phi) is 8.42. The van der Waals surface area contributed by atoms with Gasteiger partial charge in [0.15, 0.2) is 0 Å². The molecule has 1 unspecified atom stereocenters. The molecule has 1 rings (SSSR count). The highest BCUT2D eigenvalue weighted by Gasteiger charge is 2.13. The first-order valence-corrected chi connectivity index (χ1v) is 7.02. The van der Waals surface area contributed by atoms with E-state index in [4.69, 9.17) is 15.2 Å². The van der Waals surface area contributed by atoms with Gasteiger partial charge in [-0.25, -0.2) is 0 Å². The molecule has 0 bridgehead atoms. The van der Waals surface area contributed by atoms with Gasteiger partial charge in [0, 0.05) is 6.61 Å². The van der Waals surface area contributed by atoms with Crippen LogP contribution in [-0.4, -0.2) is 38.3 Å². The molecule has 0 saturated carbocycles. The summed E-state index contributed by atoms with van der Waals surface area (Å²) in [4.78, 5) is 11.2. The van der Waals surface area contributed by atoms with Gasteiger partial charge in [-0.2, -0.15) is 0 Å². The second-order valence-corrected chi connectivity index (χ2v) is 4.47. The van der Waals surface area contributed by atoms with E-state index in [1.165, 1.54) is 0 Å².